The highest BCUT2D eigenvalue weighted by Crippen LogP contribution is 2.09. The first-order valence-corrected chi connectivity index (χ1v) is 5.17. The Hall–Kier alpha value is -0.860. The number of nitrogens with zero attached hydrogens (tertiary/aromatic N) is 1. The van der Waals surface area contributed by atoms with Crippen LogP contribution in [0.2, 0.25) is 0 Å². The van der Waals surface area contributed by atoms with Crippen LogP contribution < -0.4 is 5.73 Å². The SMILES string of the molecule is Cc1ccccc1CN(C)CCCN. The average Bonchev–Trinajstić information content (AvgIpc) is 2.18. The molecule has 1 aromatic carbocycles. The van der Waals surface area contributed by atoms with Gasteiger partial charge in [0.1, 0.15) is 0 Å². The van der Waals surface area contributed by atoms with E-state index in [9.17, 15) is 0 Å². The van der Waals surface area contributed by atoms with E-state index in [0.717, 1.165) is 26.1 Å². The van der Waals surface area contributed by atoms with Gasteiger partial charge in [-0.05, 0) is 44.6 Å². The van der Waals surface area contributed by atoms with Crippen LogP contribution in [0.3, 0.4) is 0 Å². The summed E-state index contributed by atoms with van der Waals surface area (Å²) >= 11 is 0. The molecule has 0 aliphatic rings. The third kappa shape index (κ3) is 3.48. The molecule has 0 atom stereocenters. The van der Waals surface area contributed by atoms with Gasteiger partial charge in [0, 0.05) is 6.54 Å². The molecular formula is C12H20N2. The molecule has 0 saturated heterocycles. The number of nitrogens with two attached hydrogens (primary N) is 1. The van der Waals surface area contributed by atoms with Crippen molar-refractivity contribution in [2.24, 2.45) is 5.73 Å². The Morgan fingerprint density at radius 2 is 2.00 bits per heavy atom. The Balaban J connectivity index is 2.47. The number of aryl methyl sites for hydroxylation is 1. The van der Waals surface area contributed by atoms with Crippen LogP contribution in [-0.2, 0) is 6.54 Å². The Morgan fingerprint density at radius 1 is 1.29 bits per heavy atom. The van der Waals surface area contributed by atoms with Crippen LogP contribution in [0, 0.1) is 6.92 Å². The monoisotopic (exact) mass is 192 g/mol. The fraction of sp³-hybridized carbons (Fsp3) is 0.500. The highest BCUT2D eigenvalue weighted by Gasteiger charge is 2.01. The van der Waals surface area contributed by atoms with Crippen LogP contribution in [0.5, 0.6) is 0 Å². The molecule has 2 nitrogen and oxygen atoms in total. The summed E-state index contributed by atoms with van der Waals surface area (Å²) < 4.78 is 0. The predicted molar refractivity (Wildman–Crippen MR) is 61.2 cm³/mol. The quantitative estimate of drug-likeness (QED) is 0.770. The number of hydrogen-bond acceptors (Lipinski definition) is 2. The van der Waals surface area contributed by atoms with Gasteiger partial charge >= 0.3 is 0 Å². The lowest BCUT2D eigenvalue weighted by Gasteiger charge is -2.17. The molecule has 0 fully saturated rings. The van der Waals surface area contributed by atoms with Crippen molar-refractivity contribution in [3.8, 4) is 0 Å². The number of rotatable bonds is 5. The first-order valence-electron chi connectivity index (χ1n) is 5.17. The van der Waals surface area contributed by atoms with Gasteiger partial charge in [-0.25, -0.2) is 0 Å². The van der Waals surface area contributed by atoms with Crippen molar-refractivity contribution in [3.05, 3.63) is 35.4 Å². The summed E-state index contributed by atoms with van der Waals surface area (Å²) in [5, 5.41) is 0. The molecule has 0 aromatic heterocycles. The van der Waals surface area contributed by atoms with Gasteiger partial charge in [-0.1, -0.05) is 24.3 Å². The summed E-state index contributed by atoms with van der Waals surface area (Å²) in [6.45, 7) is 5.03. The van der Waals surface area contributed by atoms with Crippen molar-refractivity contribution in [2.75, 3.05) is 20.1 Å². The van der Waals surface area contributed by atoms with Crippen molar-refractivity contribution in [2.45, 2.75) is 19.9 Å². The summed E-state index contributed by atoms with van der Waals surface area (Å²) in [6.07, 6.45) is 1.07. The maximum Gasteiger partial charge on any atom is 0.0233 e. The first kappa shape index (κ1) is 11.2. The molecule has 14 heavy (non-hydrogen) atoms. The molecule has 0 spiro atoms. The Kier molecular flexibility index (Phi) is 4.63. The highest BCUT2D eigenvalue weighted by molar-refractivity contribution is 5.25. The Bertz CT molecular complexity index is 271. The van der Waals surface area contributed by atoms with E-state index in [4.69, 9.17) is 5.73 Å². The minimum Gasteiger partial charge on any atom is -0.330 e. The van der Waals surface area contributed by atoms with Crippen LogP contribution >= 0.6 is 0 Å². The first-order chi connectivity index (χ1) is 6.74. The third-order valence-electron chi connectivity index (χ3n) is 2.45. The molecule has 0 aliphatic carbocycles. The van der Waals surface area contributed by atoms with E-state index in [1.165, 1.54) is 11.1 Å². The maximum absolute atomic E-state index is 5.47. The second-order valence-corrected chi connectivity index (χ2v) is 3.81. The van der Waals surface area contributed by atoms with E-state index in [0.29, 0.717) is 0 Å². The third-order valence-corrected chi connectivity index (χ3v) is 2.45. The van der Waals surface area contributed by atoms with Gasteiger partial charge in [0.2, 0.25) is 0 Å². The van der Waals surface area contributed by atoms with E-state index >= 15 is 0 Å². The average molecular weight is 192 g/mol. The van der Waals surface area contributed by atoms with Crippen LogP contribution in [0.4, 0.5) is 0 Å². The largest absolute Gasteiger partial charge is 0.330 e. The Morgan fingerprint density at radius 3 is 2.64 bits per heavy atom. The minimum absolute atomic E-state index is 0.776. The van der Waals surface area contributed by atoms with Crippen molar-refractivity contribution >= 4 is 0 Å². The van der Waals surface area contributed by atoms with Crippen molar-refractivity contribution in [1.29, 1.82) is 0 Å². The summed E-state index contributed by atoms with van der Waals surface area (Å²) in [5.41, 5.74) is 8.25. The van der Waals surface area contributed by atoms with Crippen LogP contribution in [0.1, 0.15) is 17.5 Å². The molecule has 78 valence electrons. The minimum atomic E-state index is 0.776. The summed E-state index contributed by atoms with van der Waals surface area (Å²) in [6, 6.07) is 8.53. The molecule has 2 heteroatoms. The van der Waals surface area contributed by atoms with Gasteiger partial charge in [0.25, 0.3) is 0 Å². The zero-order chi connectivity index (χ0) is 10.4. The van der Waals surface area contributed by atoms with E-state index in [1.54, 1.807) is 0 Å². The molecule has 0 heterocycles. The smallest absolute Gasteiger partial charge is 0.0233 e. The molecule has 0 saturated carbocycles. The number of hydrogen-bond donors (Lipinski definition) is 1. The number of benzene rings is 1. The lowest BCUT2D eigenvalue weighted by atomic mass is 10.1. The summed E-state index contributed by atoms with van der Waals surface area (Å²) in [4.78, 5) is 2.31. The molecule has 2 N–H and O–H groups in total. The summed E-state index contributed by atoms with van der Waals surface area (Å²) in [7, 11) is 2.14. The van der Waals surface area contributed by atoms with Crippen LogP contribution in [0.25, 0.3) is 0 Å². The van der Waals surface area contributed by atoms with Gasteiger partial charge < -0.3 is 10.6 Å². The van der Waals surface area contributed by atoms with E-state index in [-0.39, 0.29) is 0 Å². The lowest BCUT2D eigenvalue weighted by Crippen LogP contribution is -2.21. The van der Waals surface area contributed by atoms with E-state index in [2.05, 4.69) is 43.1 Å². The molecular weight excluding hydrogens is 172 g/mol. The fourth-order valence-electron chi connectivity index (χ4n) is 1.52. The van der Waals surface area contributed by atoms with Gasteiger partial charge in [-0.15, -0.1) is 0 Å². The Labute approximate surface area is 86.7 Å². The second kappa shape index (κ2) is 5.78. The molecule has 0 aliphatic heterocycles. The normalized spacial score (nSPS) is 10.9. The molecule has 1 aromatic rings. The second-order valence-electron chi connectivity index (χ2n) is 3.81. The van der Waals surface area contributed by atoms with Gasteiger partial charge in [0.05, 0.1) is 0 Å². The molecule has 0 amide bonds. The van der Waals surface area contributed by atoms with Crippen LogP contribution in [0.15, 0.2) is 24.3 Å². The van der Waals surface area contributed by atoms with Crippen molar-refractivity contribution in [1.82, 2.24) is 4.90 Å². The van der Waals surface area contributed by atoms with Crippen LogP contribution in [-0.4, -0.2) is 25.0 Å². The molecule has 1 rings (SSSR count). The lowest BCUT2D eigenvalue weighted by molar-refractivity contribution is 0.323. The highest BCUT2D eigenvalue weighted by atomic mass is 15.1. The zero-order valence-electron chi connectivity index (χ0n) is 9.16. The topological polar surface area (TPSA) is 29.3 Å². The summed E-state index contributed by atoms with van der Waals surface area (Å²) in [5.74, 6) is 0. The molecule has 0 bridgehead atoms. The van der Waals surface area contributed by atoms with Crippen molar-refractivity contribution in [3.63, 3.8) is 0 Å². The predicted octanol–water partition coefficient (Wildman–Crippen LogP) is 1.78. The van der Waals surface area contributed by atoms with Gasteiger partial charge in [0.15, 0.2) is 0 Å². The fourth-order valence-corrected chi connectivity index (χ4v) is 1.52. The van der Waals surface area contributed by atoms with E-state index < -0.39 is 0 Å². The molecule has 0 radical (unpaired) electrons. The van der Waals surface area contributed by atoms with E-state index in [1.807, 2.05) is 0 Å². The zero-order valence-corrected chi connectivity index (χ0v) is 9.16. The standard InChI is InChI=1S/C12H20N2/c1-11-6-3-4-7-12(11)10-14(2)9-5-8-13/h3-4,6-7H,5,8-10,13H2,1-2H3. The molecule has 0 unspecified atom stereocenters. The van der Waals surface area contributed by atoms with Gasteiger partial charge in [-0.2, -0.15) is 0 Å². The maximum atomic E-state index is 5.47. The van der Waals surface area contributed by atoms with Gasteiger partial charge in [-0.3, -0.25) is 0 Å². The van der Waals surface area contributed by atoms with Crippen molar-refractivity contribution < 1.29 is 0 Å².